The van der Waals surface area contributed by atoms with Crippen LogP contribution in [0.1, 0.15) is 21.5 Å². The summed E-state index contributed by atoms with van der Waals surface area (Å²) in [6, 6.07) is 5.54. The lowest BCUT2D eigenvalue weighted by Gasteiger charge is -2.19. The van der Waals surface area contributed by atoms with E-state index in [2.05, 4.69) is 13.2 Å². The van der Waals surface area contributed by atoms with Gasteiger partial charge in [-0.25, -0.2) is 4.79 Å². The highest BCUT2D eigenvalue weighted by atomic mass is 16.5. The minimum atomic E-state index is -0.485. The molecule has 0 spiro atoms. The second-order valence-electron chi connectivity index (χ2n) is 4.77. The number of amides is 1. The Morgan fingerprint density at radius 1 is 1.19 bits per heavy atom. The molecule has 0 aliphatic carbocycles. The quantitative estimate of drug-likeness (QED) is 0.572. The van der Waals surface area contributed by atoms with Crippen molar-refractivity contribution in [3.05, 3.63) is 60.2 Å². The lowest BCUT2D eigenvalue weighted by atomic mass is 10.1. The second-order valence-corrected chi connectivity index (χ2v) is 4.77. The summed E-state index contributed by atoms with van der Waals surface area (Å²) in [6.07, 6.45) is 3.24. The number of benzene rings is 1. The zero-order chi connectivity index (χ0) is 15.8. The van der Waals surface area contributed by atoms with E-state index >= 15 is 0 Å². The molecule has 0 heterocycles. The molecule has 21 heavy (non-hydrogen) atoms. The molecule has 0 aliphatic rings. The second kappa shape index (κ2) is 8.04. The Bertz CT molecular complexity index is 539. The number of nitrogens with zero attached hydrogens (tertiary/aromatic N) is 1. The van der Waals surface area contributed by atoms with E-state index in [0.717, 1.165) is 11.1 Å². The molecule has 0 N–H and O–H groups in total. The van der Waals surface area contributed by atoms with E-state index in [-0.39, 0.29) is 12.5 Å². The fraction of sp³-hybridized carbons (Fsp3) is 0.294. The maximum Gasteiger partial charge on any atom is 0.338 e. The summed E-state index contributed by atoms with van der Waals surface area (Å²) in [5.74, 6) is -0.754. The first-order chi connectivity index (χ1) is 9.99. The van der Waals surface area contributed by atoms with Gasteiger partial charge in [0.1, 0.15) is 0 Å². The van der Waals surface area contributed by atoms with Crippen LogP contribution in [0.5, 0.6) is 0 Å². The molecule has 0 atom stereocenters. The van der Waals surface area contributed by atoms with Gasteiger partial charge in [0.05, 0.1) is 5.56 Å². The van der Waals surface area contributed by atoms with E-state index in [0.29, 0.717) is 18.7 Å². The Kier molecular flexibility index (Phi) is 6.40. The van der Waals surface area contributed by atoms with Crippen molar-refractivity contribution in [1.29, 1.82) is 0 Å². The van der Waals surface area contributed by atoms with Crippen LogP contribution in [0.4, 0.5) is 0 Å². The van der Waals surface area contributed by atoms with Gasteiger partial charge in [-0.1, -0.05) is 29.8 Å². The summed E-state index contributed by atoms with van der Waals surface area (Å²) in [4.78, 5) is 25.5. The summed E-state index contributed by atoms with van der Waals surface area (Å²) in [5.41, 5.74) is 2.28. The van der Waals surface area contributed by atoms with Gasteiger partial charge >= 0.3 is 5.97 Å². The summed E-state index contributed by atoms with van der Waals surface area (Å²) in [6.45, 7) is 11.4. The number of hydrogen-bond acceptors (Lipinski definition) is 3. The first-order valence-electron chi connectivity index (χ1n) is 6.73. The SMILES string of the molecule is C=CCN(CC=C)C(=O)COC(=O)c1cc(C)ccc1C. The maximum absolute atomic E-state index is 12.0. The number of carbonyl (C=O) groups is 2. The van der Waals surface area contributed by atoms with Crippen LogP contribution >= 0.6 is 0 Å². The lowest BCUT2D eigenvalue weighted by Crippen LogP contribution is -2.35. The third-order valence-corrected chi connectivity index (χ3v) is 2.99. The average molecular weight is 287 g/mol. The molecule has 0 saturated carbocycles. The Labute approximate surface area is 125 Å². The number of rotatable bonds is 7. The van der Waals surface area contributed by atoms with Crippen molar-refractivity contribution >= 4 is 11.9 Å². The summed E-state index contributed by atoms with van der Waals surface area (Å²) < 4.78 is 5.10. The third-order valence-electron chi connectivity index (χ3n) is 2.99. The molecule has 0 fully saturated rings. The van der Waals surface area contributed by atoms with Gasteiger partial charge in [0.15, 0.2) is 6.61 Å². The fourth-order valence-corrected chi connectivity index (χ4v) is 1.84. The molecule has 0 radical (unpaired) electrons. The van der Waals surface area contributed by atoms with E-state index in [1.165, 1.54) is 4.90 Å². The highest BCUT2D eigenvalue weighted by Gasteiger charge is 2.16. The topological polar surface area (TPSA) is 46.6 Å². The molecule has 112 valence electrons. The standard InChI is InChI=1S/C17H21NO3/c1-5-9-18(10-6-2)16(19)12-21-17(20)15-11-13(3)7-8-14(15)4/h5-8,11H,1-2,9-10,12H2,3-4H3. The summed E-state index contributed by atoms with van der Waals surface area (Å²) >= 11 is 0. The van der Waals surface area contributed by atoms with Crippen molar-refractivity contribution in [3.8, 4) is 0 Å². The molecule has 0 saturated heterocycles. The van der Waals surface area contributed by atoms with E-state index in [4.69, 9.17) is 4.74 Å². The smallest absolute Gasteiger partial charge is 0.338 e. The third kappa shape index (κ3) is 4.91. The molecule has 0 aromatic heterocycles. The molecule has 1 rings (SSSR count). The lowest BCUT2D eigenvalue weighted by molar-refractivity contribution is -0.133. The molecular formula is C17H21NO3. The Hall–Kier alpha value is -2.36. The molecule has 0 aliphatic heterocycles. The average Bonchev–Trinajstić information content (AvgIpc) is 2.46. The van der Waals surface area contributed by atoms with Gasteiger partial charge in [0.25, 0.3) is 5.91 Å². The van der Waals surface area contributed by atoms with E-state index in [1.54, 1.807) is 18.2 Å². The van der Waals surface area contributed by atoms with Crippen molar-refractivity contribution < 1.29 is 14.3 Å². The van der Waals surface area contributed by atoms with Gasteiger partial charge in [-0.2, -0.15) is 0 Å². The largest absolute Gasteiger partial charge is 0.452 e. The van der Waals surface area contributed by atoms with E-state index in [9.17, 15) is 9.59 Å². The van der Waals surface area contributed by atoms with Crippen LogP contribution in [0.2, 0.25) is 0 Å². The van der Waals surface area contributed by atoms with Crippen LogP contribution in [-0.2, 0) is 9.53 Å². The number of aryl methyl sites for hydroxylation is 2. The van der Waals surface area contributed by atoms with Crippen LogP contribution < -0.4 is 0 Å². The van der Waals surface area contributed by atoms with Crippen LogP contribution in [-0.4, -0.2) is 36.5 Å². The molecule has 1 aromatic carbocycles. The van der Waals surface area contributed by atoms with Crippen molar-refractivity contribution in [3.63, 3.8) is 0 Å². The van der Waals surface area contributed by atoms with Gasteiger partial charge in [0, 0.05) is 13.1 Å². The molecule has 4 nitrogen and oxygen atoms in total. The molecule has 4 heteroatoms. The van der Waals surface area contributed by atoms with Gasteiger partial charge in [-0.15, -0.1) is 13.2 Å². The van der Waals surface area contributed by atoms with E-state index < -0.39 is 5.97 Å². The van der Waals surface area contributed by atoms with Crippen molar-refractivity contribution in [2.75, 3.05) is 19.7 Å². The summed E-state index contributed by atoms with van der Waals surface area (Å²) in [7, 11) is 0. The highest BCUT2D eigenvalue weighted by molar-refractivity contribution is 5.92. The minimum Gasteiger partial charge on any atom is -0.452 e. The van der Waals surface area contributed by atoms with Crippen LogP contribution in [0, 0.1) is 13.8 Å². The van der Waals surface area contributed by atoms with Crippen molar-refractivity contribution in [2.45, 2.75) is 13.8 Å². The minimum absolute atomic E-state index is 0.270. The molecule has 1 amide bonds. The predicted octanol–water partition coefficient (Wildman–Crippen LogP) is 2.66. The zero-order valence-corrected chi connectivity index (χ0v) is 12.6. The molecule has 0 bridgehead atoms. The first-order valence-corrected chi connectivity index (χ1v) is 6.73. The van der Waals surface area contributed by atoms with Crippen molar-refractivity contribution in [2.24, 2.45) is 0 Å². The van der Waals surface area contributed by atoms with Gasteiger partial charge in [0.2, 0.25) is 0 Å². The van der Waals surface area contributed by atoms with Crippen LogP contribution in [0.15, 0.2) is 43.5 Å². The Morgan fingerprint density at radius 2 is 1.81 bits per heavy atom. The zero-order valence-electron chi connectivity index (χ0n) is 12.6. The molecular weight excluding hydrogens is 266 g/mol. The monoisotopic (exact) mass is 287 g/mol. The molecule has 0 unspecified atom stereocenters. The number of carbonyl (C=O) groups excluding carboxylic acids is 2. The maximum atomic E-state index is 12.0. The van der Waals surface area contributed by atoms with Crippen LogP contribution in [0.3, 0.4) is 0 Å². The predicted molar refractivity (Wildman–Crippen MR) is 83.2 cm³/mol. The Morgan fingerprint density at radius 3 is 2.38 bits per heavy atom. The fourth-order valence-electron chi connectivity index (χ4n) is 1.84. The highest BCUT2D eigenvalue weighted by Crippen LogP contribution is 2.12. The van der Waals surface area contributed by atoms with Gasteiger partial charge in [-0.3, -0.25) is 4.79 Å². The van der Waals surface area contributed by atoms with Gasteiger partial charge in [-0.05, 0) is 25.5 Å². The molecule has 1 aromatic rings. The van der Waals surface area contributed by atoms with E-state index in [1.807, 2.05) is 26.0 Å². The number of esters is 1. The Balaban J connectivity index is 2.67. The van der Waals surface area contributed by atoms with Gasteiger partial charge < -0.3 is 9.64 Å². The normalized spacial score (nSPS) is 9.81. The van der Waals surface area contributed by atoms with Crippen LogP contribution in [0.25, 0.3) is 0 Å². The van der Waals surface area contributed by atoms with Crippen molar-refractivity contribution in [1.82, 2.24) is 4.90 Å². The number of ether oxygens (including phenoxy) is 1. The summed E-state index contributed by atoms with van der Waals surface area (Å²) in [5, 5.41) is 0. The number of hydrogen-bond donors (Lipinski definition) is 0. The first kappa shape index (κ1) is 16.7.